The van der Waals surface area contributed by atoms with Crippen molar-refractivity contribution < 1.29 is 19.1 Å². The van der Waals surface area contributed by atoms with Crippen LogP contribution in [0.4, 0.5) is 0 Å². The molecule has 4 rings (SSSR count). The van der Waals surface area contributed by atoms with Gasteiger partial charge in [-0.15, -0.1) is 11.8 Å². The highest BCUT2D eigenvalue weighted by Crippen LogP contribution is 2.29. The van der Waals surface area contributed by atoms with Gasteiger partial charge in [-0.1, -0.05) is 12.1 Å². The van der Waals surface area contributed by atoms with E-state index in [1.165, 1.54) is 24.6 Å². The third-order valence-corrected chi connectivity index (χ3v) is 7.24. The van der Waals surface area contributed by atoms with Crippen molar-refractivity contribution in [2.45, 2.75) is 43.1 Å². The van der Waals surface area contributed by atoms with Gasteiger partial charge in [0.05, 0.1) is 11.7 Å². The molecule has 3 fully saturated rings. The van der Waals surface area contributed by atoms with Gasteiger partial charge in [0, 0.05) is 50.6 Å². The monoisotopic (exact) mass is 459 g/mol. The Labute approximate surface area is 194 Å². The maximum absolute atomic E-state index is 13.3. The lowest BCUT2D eigenvalue weighted by Gasteiger charge is -2.25. The number of rotatable bonds is 9. The quantitative estimate of drug-likeness (QED) is 0.531. The number of likely N-dealkylation sites (tertiary alicyclic amines) is 1. The Kier molecular flexibility index (Phi) is 7.73. The van der Waals surface area contributed by atoms with Crippen LogP contribution < -0.4 is 0 Å². The topological polar surface area (TPSA) is 70.2 Å². The maximum Gasteiger partial charge on any atom is 0.255 e. The third-order valence-electron chi connectivity index (χ3n) is 6.44. The molecule has 2 heterocycles. The molecular weight excluding hydrogens is 426 g/mol. The normalized spacial score (nSPS) is 21.9. The molecule has 1 atom stereocenters. The summed E-state index contributed by atoms with van der Waals surface area (Å²) in [7, 11) is 0. The van der Waals surface area contributed by atoms with Gasteiger partial charge in [-0.3, -0.25) is 14.4 Å². The SMILES string of the molecule is CSc1ccccc1C(=O)N1CC(=O)N(CCCN2CCCC2=O)C[C@H](OCC2CC2)C1. The lowest BCUT2D eigenvalue weighted by atomic mass is 10.2. The highest BCUT2D eigenvalue weighted by Gasteiger charge is 2.33. The molecule has 0 spiro atoms. The molecule has 1 saturated carbocycles. The van der Waals surface area contributed by atoms with E-state index in [4.69, 9.17) is 4.74 Å². The van der Waals surface area contributed by atoms with E-state index in [-0.39, 0.29) is 30.4 Å². The first-order chi connectivity index (χ1) is 15.5. The molecular formula is C24H33N3O4S. The Bertz CT molecular complexity index is 844. The molecule has 0 radical (unpaired) electrons. The highest BCUT2D eigenvalue weighted by molar-refractivity contribution is 7.98. The fraction of sp³-hybridized carbons (Fsp3) is 0.625. The number of carbonyl (C=O) groups is 3. The molecule has 7 nitrogen and oxygen atoms in total. The van der Waals surface area contributed by atoms with Crippen molar-refractivity contribution in [2.24, 2.45) is 5.92 Å². The fourth-order valence-corrected chi connectivity index (χ4v) is 4.99. The van der Waals surface area contributed by atoms with E-state index in [2.05, 4.69) is 0 Å². The van der Waals surface area contributed by atoms with Crippen LogP contribution >= 0.6 is 11.8 Å². The number of amides is 3. The molecule has 0 bridgehead atoms. The van der Waals surface area contributed by atoms with Gasteiger partial charge < -0.3 is 19.4 Å². The minimum absolute atomic E-state index is 0.0507. The van der Waals surface area contributed by atoms with Gasteiger partial charge in [0.25, 0.3) is 5.91 Å². The molecule has 0 aromatic heterocycles. The summed E-state index contributed by atoms with van der Waals surface area (Å²) in [6.45, 7) is 3.74. The summed E-state index contributed by atoms with van der Waals surface area (Å²) >= 11 is 1.53. The molecule has 1 aromatic rings. The van der Waals surface area contributed by atoms with Crippen molar-refractivity contribution >= 4 is 29.5 Å². The van der Waals surface area contributed by atoms with Crippen LogP contribution in [0.2, 0.25) is 0 Å². The van der Waals surface area contributed by atoms with Crippen LogP contribution in [0.1, 0.15) is 42.5 Å². The Morgan fingerprint density at radius 2 is 1.88 bits per heavy atom. The molecule has 2 aliphatic heterocycles. The maximum atomic E-state index is 13.3. The highest BCUT2D eigenvalue weighted by atomic mass is 32.2. The van der Waals surface area contributed by atoms with Crippen molar-refractivity contribution in [3.05, 3.63) is 29.8 Å². The first kappa shape index (κ1) is 23.1. The van der Waals surface area contributed by atoms with E-state index in [1.807, 2.05) is 40.3 Å². The molecule has 1 aliphatic carbocycles. The number of carbonyl (C=O) groups excluding carboxylic acids is 3. The molecule has 8 heteroatoms. The molecule has 0 N–H and O–H groups in total. The van der Waals surface area contributed by atoms with Crippen molar-refractivity contribution in [1.82, 2.24) is 14.7 Å². The first-order valence-electron chi connectivity index (χ1n) is 11.6. The predicted octanol–water partition coefficient (Wildman–Crippen LogP) is 2.50. The molecule has 3 amide bonds. The van der Waals surface area contributed by atoms with Crippen molar-refractivity contribution in [2.75, 3.05) is 52.1 Å². The van der Waals surface area contributed by atoms with Crippen LogP contribution in [-0.4, -0.2) is 90.7 Å². The molecule has 2 saturated heterocycles. The van der Waals surface area contributed by atoms with Crippen LogP contribution in [0.15, 0.2) is 29.2 Å². The fourth-order valence-electron chi connectivity index (χ4n) is 4.40. The number of nitrogens with zero attached hydrogens (tertiary/aromatic N) is 3. The summed E-state index contributed by atoms with van der Waals surface area (Å²) in [4.78, 5) is 44.6. The summed E-state index contributed by atoms with van der Waals surface area (Å²) < 4.78 is 6.18. The number of hydrogen-bond acceptors (Lipinski definition) is 5. The molecule has 0 unspecified atom stereocenters. The zero-order valence-electron chi connectivity index (χ0n) is 18.8. The summed E-state index contributed by atoms with van der Waals surface area (Å²) in [6, 6.07) is 7.54. The smallest absolute Gasteiger partial charge is 0.255 e. The zero-order chi connectivity index (χ0) is 22.5. The zero-order valence-corrected chi connectivity index (χ0v) is 19.6. The first-order valence-corrected chi connectivity index (χ1v) is 12.9. The number of thioether (sulfide) groups is 1. The standard InChI is InChI=1S/C24H33N3O4S/c1-32-21-7-3-2-6-20(21)24(30)27-15-19(31-17-18-9-10-18)14-26(23(29)16-27)13-5-12-25-11-4-8-22(25)28/h2-3,6-7,18-19H,4-5,8-17H2,1H3/t19-/m0/s1. The molecule has 1 aromatic carbocycles. The Morgan fingerprint density at radius 1 is 1.09 bits per heavy atom. The molecule has 174 valence electrons. The summed E-state index contributed by atoms with van der Waals surface area (Å²) in [5.74, 6) is 0.658. The predicted molar refractivity (Wildman–Crippen MR) is 124 cm³/mol. The van der Waals surface area contributed by atoms with Crippen molar-refractivity contribution in [3.8, 4) is 0 Å². The average molecular weight is 460 g/mol. The van der Waals surface area contributed by atoms with Crippen molar-refractivity contribution in [3.63, 3.8) is 0 Å². The number of ether oxygens (including phenoxy) is 1. The van der Waals surface area contributed by atoms with Gasteiger partial charge in [-0.25, -0.2) is 0 Å². The second kappa shape index (κ2) is 10.7. The largest absolute Gasteiger partial charge is 0.374 e. The van der Waals surface area contributed by atoms with Gasteiger partial charge in [-0.05, 0) is 50.0 Å². The number of hydrogen-bond donors (Lipinski definition) is 0. The van der Waals surface area contributed by atoms with Gasteiger partial charge in [0.15, 0.2) is 0 Å². The molecule has 3 aliphatic rings. The Hall–Kier alpha value is -2.06. The minimum atomic E-state index is -0.194. The Balaban J connectivity index is 1.42. The van der Waals surface area contributed by atoms with Gasteiger partial charge in [-0.2, -0.15) is 0 Å². The summed E-state index contributed by atoms with van der Waals surface area (Å²) in [5, 5.41) is 0. The summed E-state index contributed by atoms with van der Waals surface area (Å²) in [5.41, 5.74) is 0.634. The third kappa shape index (κ3) is 5.84. The van der Waals surface area contributed by atoms with Gasteiger partial charge >= 0.3 is 0 Å². The van der Waals surface area contributed by atoms with E-state index in [1.54, 1.807) is 4.90 Å². The average Bonchev–Trinajstić information content (AvgIpc) is 3.57. The van der Waals surface area contributed by atoms with Gasteiger partial charge in [0.1, 0.15) is 6.54 Å². The van der Waals surface area contributed by atoms with Crippen LogP contribution in [0.25, 0.3) is 0 Å². The van der Waals surface area contributed by atoms with E-state index in [0.29, 0.717) is 50.7 Å². The number of benzene rings is 1. The van der Waals surface area contributed by atoms with Crippen LogP contribution in [-0.2, 0) is 14.3 Å². The minimum Gasteiger partial charge on any atom is -0.374 e. The van der Waals surface area contributed by atoms with Gasteiger partial charge in [0.2, 0.25) is 11.8 Å². The van der Waals surface area contributed by atoms with Crippen LogP contribution in [0, 0.1) is 5.92 Å². The van der Waals surface area contributed by atoms with E-state index >= 15 is 0 Å². The lowest BCUT2D eigenvalue weighted by molar-refractivity contribution is -0.131. The van der Waals surface area contributed by atoms with E-state index in [9.17, 15) is 14.4 Å². The van der Waals surface area contributed by atoms with Crippen LogP contribution in [0.3, 0.4) is 0 Å². The van der Waals surface area contributed by atoms with E-state index < -0.39 is 0 Å². The second-order valence-electron chi connectivity index (χ2n) is 8.96. The second-order valence-corrected chi connectivity index (χ2v) is 9.81. The van der Waals surface area contributed by atoms with E-state index in [0.717, 1.165) is 24.3 Å². The Morgan fingerprint density at radius 3 is 2.59 bits per heavy atom. The van der Waals surface area contributed by atoms with Crippen LogP contribution in [0.5, 0.6) is 0 Å². The molecule has 32 heavy (non-hydrogen) atoms. The summed E-state index contributed by atoms with van der Waals surface area (Å²) in [6.07, 6.45) is 6.46. The lowest BCUT2D eigenvalue weighted by Crippen LogP contribution is -2.40. The van der Waals surface area contributed by atoms with Crippen molar-refractivity contribution in [1.29, 1.82) is 0 Å².